The number of rotatable bonds is 1. The largest absolute Gasteiger partial charge is 0.463 e. The van der Waals surface area contributed by atoms with Gasteiger partial charge in [0.25, 0.3) is 5.55 Å². The molecule has 0 saturated heterocycles. The Balaban J connectivity index is 2.10. The molecule has 24 heavy (non-hydrogen) atoms. The normalized spacial score (nSPS) is 12.4. The van der Waals surface area contributed by atoms with Crippen LogP contribution in [-0.2, 0) is 0 Å². The number of furan rings is 1. The minimum absolute atomic E-state index is 0.143. The maximum atomic E-state index is 13.2. The highest BCUT2D eigenvalue weighted by molar-refractivity contribution is 6.10. The zero-order valence-electron chi connectivity index (χ0n) is 13.1. The molecule has 4 nitrogen and oxygen atoms in total. The second-order valence-electron chi connectivity index (χ2n) is 5.79. The minimum atomic E-state index is -0.274. The number of halogens is 1. The van der Waals surface area contributed by atoms with E-state index in [0.29, 0.717) is 11.2 Å². The van der Waals surface area contributed by atoms with Crippen molar-refractivity contribution in [3.63, 3.8) is 0 Å². The van der Waals surface area contributed by atoms with Gasteiger partial charge in [0.1, 0.15) is 17.0 Å². The zero-order valence-corrected chi connectivity index (χ0v) is 13.1. The highest BCUT2D eigenvalue weighted by Crippen LogP contribution is 2.38. The molecular weight excluding hydrogens is 309 g/mol. The number of benzene rings is 2. The Bertz CT molecular complexity index is 1140. The van der Waals surface area contributed by atoms with Crippen LogP contribution in [0.3, 0.4) is 0 Å². The van der Waals surface area contributed by atoms with Crippen molar-refractivity contribution in [3.8, 4) is 11.1 Å². The van der Waals surface area contributed by atoms with Crippen LogP contribution in [0.5, 0.6) is 0 Å². The van der Waals surface area contributed by atoms with Gasteiger partial charge in [-0.2, -0.15) is 0 Å². The summed E-state index contributed by atoms with van der Waals surface area (Å²) in [5.74, 6) is -0.274. The number of nitrogens with zero attached hydrogens (tertiary/aromatic N) is 1. The summed E-state index contributed by atoms with van der Waals surface area (Å²) in [6, 6.07) is 9.86. The van der Waals surface area contributed by atoms with Crippen LogP contribution in [0.4, 0.5) is 4.39 Å². The molecule has 4 aromatic rings. The first-order chi connectivity index (χ1) is 11.6. The van der Waals surface area contributed by atoms with E-state index in [9.17, 15) is 4.39 Å². The molecule has 0 atom stereocenters. The summed E-state index contributed by atoms with van der Waals surface area (Å²) in [7, 11) is 0. The van der Waals surface area contributed by atoms with E-state index in [0.717, 1.165) is 33.0 Å². The van der Waals surface area contributed by atoms with Crippen LogP contribution in [0.1, 0.15) is 11.1 Å². The highest BCUT2D eigenvalue weighted by atomic mass is 19.1. The molecule has 0 aliphatic rings. The van der Waals surface area contributed by atoms with Gasteiger partial charge in [-0.15, -0.1) is 0 Å². The summed E-state index contributed by atoms with van der Waals surface area (Å²) in [6.45, 7) is 3.86. The molecule has 0 amide bonds. The Hall–Kier alpha value is -3.08. The molecule has 0 spiro atoms. The van der Waals surface area contributed by atoms with Crippen molar-refractivity contribution in [2.75, 3.05) is 0 Å². The van der Waals surface area contributed by atoms with Crippen LogP contribution in [-0.4, -0.2) is 5.21 Å². The monoisotopic (exact) mass is 323 g/mol. The molecule has 0 saturated carbocycles. The second-order valence-corrected chi connectivity index (χ2v) is 5.79. The first kappa shape index (κ1) is 14.5. The standard InChI is InChI=1S/C19H14FNO3/c1-10-7-15-18(11(2)8-16(21-22)24-15)19-17(10)14(9-23-19)12-3-5-13(20)6-4-12/h3-9,22H,1-2H3/b21-16+. The fourth-order valence-corrected chi connectivity index (χ4v) is 3.13. The van der Waals surface area contributed by atoms with Crippen molar-refractivity contribution >= 4 is 21.9 Å². The maximum absolute atomic E-state index is 13.2. The highest BCUT2D eigenvalue weighted by Gasteiger charge is 2.16. The molecule has 1 N–H and O–H groups in total. The average Bonchev–Trinajstić information content (AvgIpc) is 3.00. The van der Waals surface area contributed by atoms with Crippen LogP contribution >= 0.6 is 0 Å². The molecule has 2 aromatic carbocycles. The van der Waals surface area contributed by atoms with Gasteiger partial charge in [0.05, 0.1) is 11.6 Å². The summed E-state index contributed by atoms with van der Waals surface area (Å²) < 4.78 is 24.6. The third kappa shape index (κ3) is 2.09. The molecule has 2 aromatic heterocycles. The average molecular weight is 323 g/mol. The third-order valence-corrected chi connectivity index (χ3v) is 4.21. The van der Waals surface area contributed by atoms with Crippen LogP contribution in [0, 0.1) is 19.7 Å². The molecule has 0 aliphatic heterocycles. The van der Waals surface area contributed by atoms with Crippen LogP contribution in [0.2, 0.25) is 0 Å². The number of aryl methyl sites for hydroxylation is 2. The molecule has 0 radical (unpaired) electrons. The van der Waals surface area contributed by atoms with Crippen LogP contribution < -0.4 is 5.55 Å². The lowest BCUT2D eigenvalue weighted by atomic mass is 9.98. The summed E-state index contributed by atoms with van der Waals surface area (Å²) in [4.78, 5) is 0. The molecule has 2 heterocycles. The van der Waals surface area contributed by atoms with E-state index in [-0.39, 0.29) is 11.4 Å². The van der Waals surface area contributed by atoms with Crippen molar-refractivity contribution in [2.24, 2.45) is 5.16 Å². The van der Waals surface area contributed by atoms with Crippen LogP contribution in [0.15, 0.2) is 56.7 Å². The van der Waals surface area contributed by atoms with Gasteiger partial charge in [-0.05, 0) is 53.9 Å². The van der Waals surface area contributed by atoms with Gasteiger partial charge < -0.3 is 14.0 Å². The minimum Gasteiger partial charge on any atom is -0.463 e. The summed E-state index contributed by atoms with van der Waals surface area (Å²) in [5, 5.41) is 13.9. The van der Waals surface area contributed by atoms with Gasteiger partial charge >= 0.3 is 0 Å². The molecule has 0 bridgehead atoms. The van der Waals surface area contributed by atoms with Crippen LogP contribution in [0.25, 0.3) is 33.1 Å². The van der Waals surface area contributed by atoms with E-state index in [1.54, 1.807) is 24.5 Å². The molecule has 0 aliphatic carbocycles. The van der Waals surface area contributed by atoms with Crippen molar-refractivity contribution in [3.05, 3.63) is 65.2 Å². The summed E-state index contributed by atoms with van der Waals surface area (Å²) >= 11 is 0. The van der Waals surface area contributed by atoms with E-state index in [4.69, 9.17) is 14.0 Å². The van der Waals surface area contributed by atoms with E-state index >= 15 is 0 Å². The molecular formula is C19H14FNO3. The van der Waals surface area contributed by atoms with E-state index in [1.165, 1.54) is 12.1 Å². The Kier molecular flexibility index (Phi) is 3.16. The lowest BCUT2D eigenvalue weighted by molar-refractivity contribution is 0.277. The van der Waals surface area contributed by atoms with Crippen molar-refractivity contribution in [2.45, 2.75) is 13.8 Å². The molecule has 0 fully saturated rings. The molecule has 5 heteroatoms. The first-order valence-corrected chi connectivity index (χ1v) is 7.48. The van der Waals surface area contributed by atoms with Gasteiger partial charge in [0, 0.05) is 17.0 Å². The SMILES string of the molecule is Cc1cc2o/c(=N/O)cc(C)c2c2occ(-c3ccc(F)cc3)c12. The predicted octanol–water partition coefficient (Wildman–Crippen LogP) is 4.89. The van der Waals surface area contributed by atoms with Crippen molar-refractivity contribution in [1.29, 1.82) is 0 Å². The Morgan fingerprint density at radius 2 is 1.71 bits per heavy atom. The molecule has 0 unspecified atom stereocenters. The zero-order chi connectivity index (χ0) is 16.8. The maximum Gasteiger partial charge on any atom is 0.255 e. The predicted molar refractivity (Wildman–Crippen MR) is 88.2 cm³/mol. The topological polar surface area (TPSA) is 58.9 Å². The summed E-state index contributed by atoms with van der Waals surface area (Å²) in [5.41, 5.74) is 5.07. The first-order valence-electron chi connectivity index (χ1n) is 7.48. The quantitative estimate of drug-likeness (QED) is 0.401. The Labute approximate surface area is 136 Å². The Morgan fingerprint density at radius 1 is 1.00 bits per heavy atom. The van der Waals surface area contributed by atoms with Gasteiger partial charge in [0.2, 0.25) is 0 Å². The van der Waals surface area contributed by atoms with Gasteiger partial charge in [-0.1, -0.05) is 12.1 Å². The summed E-state index contributed by atoms with van der Waals surface area (Å²) in [6.07, 6.45) is 1.67. The fraction of sp³-hybridized carbons (Fsp3) is 0.105. The molecule has 4 rings (SSSR count). The van der Waals surface area contributed by atoms with E-state index < -0.39 is 0 Å². The van der Waals surface area contributed by atoms with Crippen molar-refractivity contribution in [1.82, 2.24) is 0 Å². The van der Waals surface area contributed by atoms with E-state index in [2.05, 4.69) is 5.16 Å². The number of hydrogen-bond donors (Lipinski definition) is 1. The third-order valence-electron chi connectivity index (χ3n) is 4.21. The Morgan fingerprint density at radius 3 is 2.42 bits per heavy atom. The number of fused-ring (bicyclic) bond motifs is 3. The van der Waals surface area contributed by atoms with Gasteiger partial charge in [-0.3, -0.25) is 0 Å². The smallest absolute Gasteiger partial charge is 0.255 e. The fourth-order valence-electron chi connectivity index (χ4n) is 3.13. The van der Waals surface area contributed by atoms with Crippen molar-refractivity contribution < 1.29 is 18.4 Å². The van der Waals surface area contributed by atoms with Gasteiger partial charge in [0.15, 0.2) is 0 Å². The second kappa shape index (κ2) is 5.23. The lowest BCUT2D eigenvalue weighted by Crippen LogP contribution is -2.01. The van der Waals surface area contributed by atoms with E-state index in [1.807, 2.05) is 19.9 Å². The lowest BCUT2D eigenvalue weighted by Gasteiger charge is -2.06. The van der Waals surface area contributed by atoms with Gasteiger partial charge in [-0.25, -0.2) is 4.39 Å². The number of hydrogen-bond acceptors (Lipinski definition) is 4. The molecule has 120 valence electrons.